The van der Waals surface area contributed by atoms with Gasteiger partial charge in [-0.15, -0.1) is 0 Å². The van der Waals surface area contributed by atoms with E-state index in [4.69, 9.17) is 20.5 Å². The molecule has 1 N–H and O–H groups in total. The van der Waals surface area contributed by atoms with Crippen LogP contribution in [0.2, 0.25) is 5.02 Å². The summed E-state index contributed by atoms with van der Waals surface area (Å²) in [5, 5.41) is 7.61. The number of benzene rings is 1. The van der Waals surface area contributed by atoms with Crippen LogP contribution >= 0.6 is 27.5 Å². The molecule has 0 atom stereocenters. The van der Waals surface area contributed by atoms with Crippen LogP contribution in [-0.4, -0.2) is 10.1 Å². The monoisotopic (exact) mass is 353 g/mol. The van der Waals surface area contributed by atoms with Gasteiger partial charge in [0.05, 0.1) is 23.5 Å². The largest absolute Gasteiger partial charge is 0.461 e. The zero-order valence-corrected chi connectivity index (χ0v) is 12.5. The first-order valence-electron chi connectivity index (χ1n) is 5.78. The number of furan rings is 1. The van der Waals surface area contributed by atoms with Crippen LogP contribution in [0.25, 0.3) is 11.6 Å². The van der Waals surface area contributed by atoms with E-state index in [2.05, 4.69) is 31.4 Å². The van der Waals surface area contributed by atoms with Crippen LogP contribution in [0.1, 0.15) is 5.89 Å². The second kappa shape index (κ2) is 5.68. The van der Waals surface area contributed by atoms with Crippen molar-refractivity contribution in [2.45, 2.75) is 6.54 Å². The molecule has 0 saturated heterocycles. The zero-order valence-electron chi connectivity index (χ0n) is 10.1. The van der Waals surface area contributed by atoms with Crippen molar-refractivity contribution in [3.8, 4) is 11.6 Å². The quantitative estimate of drug-likeness (QED) is 0.754. The Morgan fingerprint density at radius 1 is 1.30 bits per heavy atom. The molecule has 3 aromatic rings. The highest BCUT2D eigenvalue weighted by atomic mass is 79.9. The lowest BCUT2D eigenvalue weighted by atomic mass is 10.3. The average molecular weight is 355 g/mol. The molecule has 0 bridgehead atoms. The first-order chi connectivity index (χ1) is 9.72. The molecule has 0 radical (unpaired) electrons. The van der Waals surface area contributed by atoms with Crippen LogP contribution in [0.5, 0.6) is 0 Å². The van der Waals surface area contributed by atoms with Gasteiger partial charge in [-0.05, 0) is 30.3 Å². The second-order valence-electron chi connectivity index (χ2n) is 3.97. The highest BCUT2D eigenvalue weighted by molar-refractivity contribution is 9.10. The van der Waals surface area contributed by atoms with E-state index in [0.29, 0.717) is 29.0 Å². The molecule has 0 aliphatic rings. The Hall–Kier alpha value is -1.79. The summed E-state index contributed by atoms with van der Waals surface area (Å²) in [7, 11) is 0. The minimum atomic E-state index is 0.379. The molecule has 2 aromatic heterocycles. The number of nitrogens with zero attached hydrogens (tertiary/aromatic N) is 2. The third-order valence-electron chi connectivity index (χ3n) is 2.57. The van der Waals surface area contributed by atoms with Gasteiger partial charge in [-0.25, -0.2) is 0 Å². The van der Waals surface area contributed by atoms with E-state index in [-0.39, 0.29) is 0 Å². The van der Waals surface area contributed by atoms with E-state index < -0.39 is 0 Å². The van der Waals surface area contributed by atoms with Crippen LogP contribution < -0.4 is 5.32 Å². The van der Waals surface area contributed by atoms with Crippen molar-refractivity contribution in [1.29, 1.82) is 0 Å². The predicted molar refractivity (Wildman–Crippen MR) is 78.5 cm³/mol. The van der Waals surface area contributed by atoms with E-state index >= 15 is 0 Å². The third kappa shape index (κ3) is 2.86. The van der Waals surface area contributed by atoms with Crippen LogP contribution in [0.15, 0.2) is 50.0 Å². The van der Waals surface area contributed by atoms with Gasteiger partial charge < -0.3 is 14.3 Å². The SMILES string of the molecule is Clc1ccc(Br)cc1NCc1nc(-c2ccco2)no1. The summed E-state index contributed by atoms with van der Waals surface area (Å²) in [6, 6.07) is 9.09. The van der Waals surface area contributed by atoms with E-state index in [1.165, 1.54) is 0 Å². The molecule has 0 spiro atoms. The lowest BCUT2D eigenvalue weighted by molar-refractivity contribution is 0.382. The smallest absolute Gasteiger partial charge is 0.246 e. The van der Waals surface area contributed by atoms with E-state index in [9.17, 15) is 0 Å². The van der Waals surface area contributed by atoms with E-state index in [0.717, 1.165) is 10.2 Å². The van der Waals surface area contributed by atoms with Gasteiger partial charge in [-0.1, -0.05) is 32.7 Å². The number of hydrogen-bond acceptors (Lipinski definition) is 5. The van der Waals surface area contributed by atoms with Gasteiger partial charge in [0.1, 0.15) is 0 Å². The van der Waals surface area contributed by atoms with Gasteiger partial charge in [0, 0.05) is 4.47 Å². The van der Waals surface area contributed by atoms with Gasteiger partial charge in [0.15, 0.2) is 5.76 Å². The highest BCUT2D eigenvalue weighted by Gasteiger charge is 2.11. The van der Waals surface area contributed by atoms with Crippen molar-refractivity contribution in [1.82, 2.24) is 10.1 Å². The fourth-order valence-corrected chi connectivity index (χ4v) is 2.18. The lowest BCUT2D eigenvalue weighted by Gasteiger charge is -2.06. The molecule has 7 heteroatoms. The number of halogens is 2. The first-order valence-corrected chi connectivity index (χ1v) is 6.95. The summed E-state index contributed by atoms with van der Waals surface area (Å²) in [6.07, 6.45) is 1.56. The first kappa shape index (κ1) is 13.2. The fourth-order valence-electron chi connectivity index (χ4n) is 1.64. The molecule has 0 aliphatic carbocycles. The summed E-state index contributed by atoms with van der Waals surface area (Å²) in [6.45, 7) is 0.379. The lowest BCUT2D eigenvalue weighted by Crippen LogP contribution is -2.00. The summed E-state index contributed by atoms with van der Waals surface area (Å²) in [4.78, 5) is 4.23. The predicted octanol–water partition coefficient (Wildman–Crippen LogP) is 4.36. The van der Waals surface area contributed by atoms with Crippen molar-refractivity contribution in [3.63, 3.8) is 0 Å². The Balaban J connectivity index is 1.71. The molecular formula is C13H9BrClN3O2. The fraction of sp³-hybridized carbons (Fsp3) is 0.0769. The van der Waals surface area contributed by atoms with Crippen LogP contribution in [-0.2, 0) is 6.54 Å². The molecule has 5 nitrogen and oxygen atoms in total. The maximum absolute atomic E-state index is 6.08. The van der Waals surface area contributed by atoms with Gasteiger partial charge in [-0.3, -0.25) is 0 Å². The average Bonchev–Trinajstić information content (AvgIpc) is 3.09. The Morgan fingerprint density at radius 2 is 2.20 bits per heavy atom. The minimum absolute atomic E-state index is 0.379. The summed E-state index contributed by atoms with van der Waals surface area (Å²) in [5.74, 6) is 1.44. The molecule has 0 amide bonds. The number of nitrogens with one attached hydrogen (secondary N) is 1. The van der Waals surface area contributed by atoms with Gasteiger partial charge in [0.2, 0.25) is 11.7 Å². The minimum Gasteiger partial charge on any atom is -0.461 e. The Bertz CT molecular complexity index is 712. The van der Waals surface area contributed by atoms with Crippen molar-refractivity contribution >= 4 is 33.2 Å². The Labute approximate surface area is 128 Å². The number of anilines is 1. The maximum Gasteiger partial charge on any atom is 0.246 e. The molecular weight excluding hydrogens is 346 g/mol. The summed E-state index contributed by atoms with van der Waals surface area (Å²) < 4.78 is 11.3. The normalized spacial score (nSPS) is 10.7. The molecule has 20 heavy (non-hydrogen) atoms. The Morgan fingerprint density at radius 3 is 3.00 bits per heavy atom. The topological polar surface area (TPSA) is 64.1 Å². The molecule has 0 saturated carbocycles. The van der Waals surface area contributed by atoms with Crippen molar-refractivity contribution in [2.75, 3.05) is 5.32 Å². The van der Waals surface area contributed by atoms with Gasteiger partial charge in [-0.2, -0.15) is 4.98 Å². The van der Waals surface area contributed by atoms with Crippen molar-refractivity contribution in [3.05, 3.63) is 52.0 Å². The van der Waals surface area contributed by atoms with Crippen molar-refractivity contribution in [2.24, 2.45) is 0 Å². The summed E-state index contributed by atoms with van der Waals surface area (Å²) >= 11 is 9.47. The van der Waals surface area contributed by atoms with Crippen LogP contribution in [0.3, 0.4) is 0 Å². The van der Waals surface area contributed by atoms with Crippen LogP contribution in [0.4, 0.5) is 5.69 Å². The number of aromatic nitrogens is 2. The molecule has 2 heterocycles. The maximum atomic E-state index is 6.08. The molecule has 102 valence electrons. The number of hydrogen-bond donors (Lipinski definition) is 1. The number of rotatable bonds is 4. The van der Waals surface area contributed by atoms with E-state index in [1.807, 2.05) is 12.1 Å². The Kier molecular flexibility index (Phi) is 3.75. The van der Waals surface area contributed by atoms with Gasteiger partial charge in [0.25, 0.3) is 0 Å². The zero-order chi connectivity index (χ0) is 13.9. The standard InChI is InChI=1S/C13H9BrClN3O2/c14-8-3-4-9(15)10(6-8)16-7-12-17-13(18-20-12)11-2-1-5-19-11/h1-6,16H,7H2. The highest BCUT2D eigenvalue weighted by Crippen LogP contribution is 2.26. The molecule has 0 fully saturated rings. The molecule has 1 aromatic carbocycles. The molecule has 0 aliphatic heterocycles. The van der Waals surface area contributed by atoms with E-state index in [1.54, 1.807) is 24.5 Å². The third-order valence-corrected chi connectivity index (χ3v) is 3.39. The van der Waals surface area contributed by atoms with Crippen LogP contribution in [0, 0.1) is 0 Å². The van der Waals surface area contributed by atoms with Gasteiger partial charge >= 0.3 is 0 Å². The molecule has 0 unspecified atom stereocenters. The van der Waals surface area contributed by atoms with Crippen molar-refractivity contribution < 1.29 is 8.94 Å². The second-order valence-corrected chi connectivity index (χ2v) is 5.29. The summed E-state index contributed by atoms with van der Waals surface area (Å²) in [5.41, 5.74) is 0.791. The molecule has 3 rings (SSSR count).